The van der Waals surface area contributed by atoms with E-state index < -0.39 is 11.4 Å². The Balaban J connectivity index is 1.14. The van der Waals surface area contributed by atoms with E-state index in [-0.39, 0.29) is 22.9 Å². The predicted molar refractivity (Wildman–Crippen MR) is 173 cm³/mol. The molecule has 0 bridgehead atoms. The van der Waals surface area contributed by atoms with Gasteiger partial charge in [0.1, 0.15) is 0 Å². The number of likely N-dealkylation sites (tertiary alicyclic amines) is 2. The van der Waals surface area contributed by atoms with E-state index in [0.717, 1.165) is 43.6 Å². The topological polar surface area (TPSA) is 109 Å². The third kappa shape index (κ3) is 5.59. The fourth-order valence-electron chi connectivity index (χ4n) is 6.70. The average Bonchev–Trinajstić information content (AvgIpc) is 3.60. The molecule has 3 aliphatic heterocycles. The quantitative estimate of drug-likeness (QED) is 0.158. The van der Waals surface area contributed by atoms with Crippen LogP contribution in [0, 0.1) is 22.6 Å². The van der Waals surface area contributed by atoms with Crippen molar-refractivity contribution in [2.24, 2.45) is 5.41 Å². The van der Waals surface area contributed by atoms with Crippen LogP contribution < -0.4 is 9.22 Å². The van der Waals surface area contributed by atoms with E-state index in [1.165, 1.54) is 29.2 Å². The number of hydrogen-bond donors (Lipinski definition) is 0. The van der Waals surface area contributed by atoms with Gasteiger partial charge in [0.25, 0.3) is 0 Å². The fraction of sp³-hybridized carbons (Fsp3) is 0.382. The first kappa shape index (κ1) is 30.5. The van der Waals surface area contributed by atoms with Gasteiger partial charge in [-0.2, -0.15) is 0 Å². The molecule has 10 nitrogen and oxygen atoms in total. The molecule has 0 radical (unpaired) electrons. The summed E-state index contributed by atoms with van der Waals surface area (Å²) in [7, 11) is 0. The first-order chi connectivity index (χ1) is 22.2. The van der Waals surface area contributed by atoms with Crippen LogP contribution in [0.2, 0.25) is 0 Å². The zero-order chi connectivity index (χ0) is 32.1. The van der Waals surface area contributed by atoms with Gasteiger partial charge in [0.2, 0.25) is 0 Å². The minimum Gasteiger partial charge on any atom is -0.380 e. The third-order valence-corrected chi connectivity index (χ3v) is 10.2. The van der Waals surface area contributed by atoms with E-state index in [2.05, 4.69) is 20.9 Å². The summed E-state index contributed by atoms with van der Waals surface area (Å²) < 4.78 is 29.4. The van der Waals surface area contributed by atoms with Crippen LogP contribution in [0.15, 0.2) is 66.5 Å². The van der Waals surface area contributed by atoms with Gasteiger partial charge >= 0.3 is 240 Å². The zero-order valence-corrected chi connectivity index (χ0v) is 28.2. The molecule has 1 unspecified atom stereocenters. The number of carbonyl (C=O) groups is 1. The summed E-state index contributed by atoms with van der Waals surface area (Å²) >= 11 is 1.29. The number of benzene rings is 2. The number of nitrogens with zero attached hydrogens (tertiary/aromatic N) is 7. The molecule has 1 amide bonds. The van der Waals surface area contributed by atoms with Gasteiger partial charge in [0, 0.05) is 18.5 Å². The van der Waals surface area contributed by atoms with Gasteiger partial charge in [-0.05, 0) is 0 Å². The van der Waals surface area contributed by atoms with Crippen molar-refractivity contribution >= 4 is 38.3 Å². The third-order valence-electron chi connectivity index (χ3n) is 9.29. The molecule has 2 aromatic heterocycles. The van der Waals surface area contributed by atoms with Crippen molar-refractivity contribution in [3.05, 3.63) is 72.3 Å². The van der Waals surface area contributed by atoms with E-state index in [0.29, 0.717) is 46.9 Å². The molecule has 0 aliphatic carbocycles. The molecule has 46 heavy (non-hydrogen) atoms. The number of carbonyl (C=O) groups excluding carboxylic acids is 1. The van der Waals surface area contributed by atoms with Crippen molar-refractivity contribution in [1.29, 1.82) is 5.26 Å². The second kappa shape index (κ2) is 11.9. The van der Waals surface area contributed by atoms with Crippen LogP contribution in [-0.4, -0.2) is 96.7 Å². The van der Waals surface area contributed by atoms with Crippen LogP contribution in [0.1, 0.15) is 26.7 Å². The molecule has 0 saturated carbocycles. The van der Waals surface area contributed by atoms with Gasteiger partial charge < -0.3 is 4.74 Å². The number of halogens is 1. The summed E-state index contributed by atoms with van der Waals surface area (Å²) in [5.74, 6) is 0.246. The Hall–Kier alpha value is -4.10. The Labute approximate surface area is 275 Å². The standard InChI is InChI=1S/C34H35AsFN7O3/c1-33(2,41-17-34(18-41)19-45-20-34)14-22(15-37)32(44)42-12-6-7-23(42)16-43-31-28(30(35)38-21-39-31)29(40-43)26-11-10-25(13-27(26)36)46-24-8-4-3-5-9-24/h3-5,8-11,13-14,21,23H,6-7,12,16-20,35H2,1-2H3/t23-/m0/s1. The Morgan fingerprint density at radius 3 is 2.67 bits per heavy atom. The van der Waals surface area contributed by atoms with Gasteiger partial charge in [0.05, 0.1) is 13.2 Å². The number of aromatic nitrogens is 4. The Morgan fingerprint density at radius 2 is 1.98 bits per heavy atom. The molecule has 0 N–H and O–H groups in total. The maximum atomic E-state index is 15.6. The summed E-state index contributed by atoms with van der Waals surface area (Å²) in [6.07, 6.45) is 4.87. The molecule has 236 valence electrons. The molecule has 12 heteroatoms. The van der Waals surface area contributed by atoms with Gasteiger partial charge in [-0.15, -0.1) is 0 Å². The molecule has 2 atom stereocenters. The summed E-state index contributed by atoms with van der Waals surface area (Å²) in [5.41, 5.74) is 1.28. The molecule has 5 heterocycles. The summed E-state index contributed by atoms with van der Waals surface area (Å²) in [5, 5.41) is 15.6. The van der Waals surface area contributed by atoms with Crippen molar-refractivity contribution in [2.75, 3.05) is 32.8 Å². The molecule has 1 spiro atoms. The van der Waals surface area contributed by atoms with Crippen molar-refractivity contribution in [2.45, 2.75) is 44.8 Å². The smallest absolute Gasteiger partial charge is 0.380 e. The number of amides is 1. The maximum absolute atomic E-state index is 15.6. The van der Waals surface area contributed by atoms with E-state index >= 15 is 4.39 Å². The molecule has 4 aromatic rings. The molecule has 3 saturated heterocycles. The minimum atomic E-state index is -0.474. The Kier molecular flexibility index (Phi) is 7.92. The van der Waals surface area contributed by atoms with Crippen molar-refractivity contribution in [3.63, 3.8) is 0 Å². The molecular weight excluding hydrogens is 648 g/mol. The first-order valence-electron chi connectivity index (χ1n) is 15.4. The molecular formula is C34H35AsFN7O3. The number of nitriles is 1. The molecule has 2 aromatic carbocycles. The number of hydrogen-bond acceptors (Lipinski definition) is 8. The summed E-state index contributed by atoms with van der Waals surface area (Å²) in [4.78, 5) is 26.8. The first-order valence-corrected chi connectivity index (χ1v) is 16.6. The molecule has 7 rings (SSSR count). The monoisotopic (exact) mass is 683 g/mol. The van der Waals surface area contributed by atoms with E-state index in [1.807, 2.05) is 50.3 Å². The number of ether oxygens (including phenoxy) is 2. The van der Waals surface area contributed by atoms with E-state index in [4.69, 9.17) is 14.6 Å². The van der Waals surface area contributed by atoms with Crippen LogP contribution in [0.4, 0.5) is 4.39 Å². The van der Waals surface area contributed by atoms with Crippen LogP contribution in [-0.2, 0) is 16.1 Å². The summed E-state index contributed by atoms with van der Waals surface area (Å²) in [6.45, 7) is 8.36. The number of para-hydroxylation sites is 1. The molecule has 3 aliphatic rings. The minimum absolute atomic E-state index is 0.148. The van der Waals surface area contributed by atoms with Gasteiger partial charge in [-0.3, -0.25) is 0 Å². The second-order valence-electron chi connectivity index (χ2n) is 13.0. The van der Waals surface area contributed by atoms with Gasteiger partial charge in [0.15, 0.2) is 0 Å². The number of rotatable bonds is 8. The van der Waals surface area contributed by atoms with Gasteiger partial charge in [-0.1, -0.05) is 0 Å². The van der Waals surface area contributed by atoms with Crippen molar-refractivity contribution in [1.82, 2.24) is 29.5 Å². The van der Waals surface area contributed by atoms with E-state index in [9.17, 15) is 10.1 Å². The Bertz CT molecular complexity index is 1870. The van der Waals surface area contributed by atoms with Crippen molar-refractivity contribution in [3.8, 4) is 28.8 Å². The second-order valence-corrected chi connectivity index (χ2v) is 14.2. The predicted octanol–water partition coefficient (Wildman–Crippen LogP) is 3.23. The number of fused-ring (bicyclic) bond motifs is 1. The van der Waals surface area contributed by atoms with Gasteiger partial charge in [-0.25, -0.2) is 0 Å². The fourth-order valence-corrected chi connectivity index (χ4v) is 7.40. The molecule has 3 fully saturated rings. The Morgan fingerprint density at radius 1 is 1.20 bits per heavy atom. The van der Waals surface area contributed by atoms with Crippen LogP contribution in [0.5, 0.6) is 11.5 Å². The summed E-state index contributed by atoms with van der Waals surface area (Å²) in [6, 6.07) is 15.9. The van der Waals surface area contributed by atoms with Crippen LogP contribution in [0.3, 0.4) is 0 Å². The zero-order valence-electron chi connectivity index (χ0n) is 25.8. The van der Waals surface area contributed by atoms with Crippen molar-refractivity contribution < 1.29 is 18.7 Å². The van der Waals surface area contributed by atoms with Crippen LogP contribution >= 0.6 is 0 Å². The van der Waals surface area contributed by atoms with E-state index in [1.54, 1.807) is 21.7 Å². The van der Waals surface area contributed by atoms with Crippen LogP contribution in [0.25, 0.3) is 22.3 Å². The normalized spacial score (nSPS) is 19.6. The SMILES string of the molecule is CC(C)(C=C(C#N)C(=O)N1CCC[C@H]1Cn1nc(-c2ccc(Oc3ccccc3)cc2F)c2c([AsH2])ncnc21)N1CC2(COC2)C1. The average molecular weight is 684 g/mol.